The average Bonchev–Trinajstić information content (AvgIpc) is 3.15. The van der Waals surface area contributed by atoms with Crippen molar-refractivity contribution in [1.82, 2.24) is 4.98 Å². The van der Waals surface area contributed by atoms with Gasteiger partial charge in [0.05, 0.1) is 0 Å². The molecule has 1 N–H and O–H groups in total. The van der Waals surface area contributed by atoms with Gasteiger partial charge >= 0.3 is 0 Å². The molecule has 2 heteroatoms. The Morgan fingerprint density at radius 1 is 0.818 bits per heavy atom. The number of para-hydroxylation sites is 2. The van der Waals surface area contributed by atoms with E-state index in [1.807, 2.05) is 30.3 Å². The molecule has 0 fully saturated rings. The second kappa shape index (κ2) is 4.25. The first kappa shape index (κ1) is 11.6. The lowest BCUT2D eigenvalue weighted by Crippen LogP contribution is -1.77. The normalized spacial score (nSPS) is 11.6. The highest BCUT2D eigenvalue weighted by atomic mass is 16.3. The summed E-state index contributed by atoms with van der Waals surface area (Å²) in [7, 11) is 0. The first-order valence-corrected chi connectivity index (χ1v) is 7.30. The van der Waals surface area contributed by atoms with Crippen LogP contribution >= 0.6 is 0 Å². The summed E-state index contributed by atoms with van der Waals surface area (Å²) in [4.78, 5) is 3.45. The van der Waals surface area contributed by atoms with Crippen LogP contribution in [0.4, 0.5) is 0 Å². The quantitative estimate of drug-likeness (QED) is 0.430. The highest BCUT2D eigenvalue weighted by Crippen LogP contribution is 2.32. The van der Waals surface area contributed by atoms with Crippen LogP contribution in [0.15, 0.2) is 71.1 Å². The zero-order chi connectivity index (χ0) is 14.5. The van der Waals surface area contributed by atoms with Crippen molar-refractivity contribution in [2.24, 2.45) is 0 Å². The third-order valence-electron chi connectivity index (χ3n) is 4.10. The van der Waals surface area contributed by atoms with Crippen molar-refractivity contribution < 1.29 is 4.42 Å². The van der Waals surface area contributed by atoms with E-state index in [1.165, 1.54) is 5.39 Å². The number of hydrogen-bond acceptors (Lipinski definition) is 1. The van der Waals surface area contributed by atoms with Crippen LogP contribution in [0.5, 0.6) is 0 Å². The molecule has 103 valence electrons. The number of benzene rings is 3. The van der Waals surface area contributed by atoms with Crippen LogP contribution in [0, 0.1) is 6.07 Å². The van der Waals surface area contributed by atoms with Crippen molar-refractivity contribution in [3.8, 4) is 11.3 Å². The van der Waals surface area contributed by atoms with E-state index in [9.17, 15) is 0 Å². The highest BCUT2D eigenvalue weighted by molar-refractivity contribution is 6.05. The van der Waals surface area contributed by atoms with Crippen LogP contribution in [0.3, 0.4) is 0 Å². The molecule has 2 nitrogen and oxygen atoms in total. The molecular formula is C20H12NO. The Morgan fingerprint density at radius 2 is 1.68 bits per heavy atom. The molecule has 0 saturated carbocycles. The summed E-state index contributed by atoms with van der Waals surface area (Å²) in [6.45, 7) is 0. The molecule has 22 heavy (non-hydrogen) atoms. The summed E-state index contributed by atoms with van der Waals surface area (Å²) in [5, 5.41) is 3.35. The van der Waals surface area contributed by atoms with Gasteiger partial charge in [0.1, 0.15) is 11.2 Å². The lowest BCUT2D eigenvalue weighted by molar-refractivity contribution is 0.669. The molecule has 3 aromatic carbocycles. The fourth-order valence-corrected chi connectivity index (χ4v) is 3.02. The van der Waals surface area contributed by atoms with Gasteiger partial charge in [-0.25, -0.2) is 0 Å². The van der Waals surface area contributed by atoms with Crippen LogP contribution in [0.25, 0.3) is 44.1 Å². The van der Waals surface area contributed by atoms with Gasteiger partial charge in [0.15, 0.2) is 0 Å². The molecule has 0 aliphatic carbocycles. The zero-order valence-electron chi connectivity index (χ0n) is 11.8. The fraction of sp³-hybridized carbons (Fsp3) is 0. The number of aromatic nitrogens is 1. The summed E-state index contributed by atoms with van der Waals surface area (Å²) in [6.07, 6.45) is 0. The first-order valence-electron chi connectivity index (χ1n) is 7.30. The van der Waals surface area contributed by atoms with Gasteiger partial charge in [0.25, 0.3) is 0 Å². The van der Waals surface area contributed by atoms with Gasteiger partial charge in [-0.2, -0.15) is 0 Å². The van der Waals surface area contributed by atoms with Gasteiger partial charge in [-0.1, -0.05) is 36.4 Å². The monoisotopic (exact) mass is 282 g/mol. The number of rotatable bonds is 1. The van der Waals surface area contributed by atoms with E-state index >= 15 is 0 Å². The molecule has 0 spiro atoms. The number of nitrogens with one attached hydrogen (secondary N) is 1. The molecule has 5 rings (SSSR count). The van der Waals surface area contributed by atoms with E-state index in [4.69, 9.17) is 4.42 Å². The minimum atomic E-state index is 0.876. The topological polar surface area (TPSA) is 28.9 Å². The standard InChI is InChI=1S/C20H12NO/c1-3-7-17-13(5-1)12-18(21-17)14-9-10-20-16(11-14)15-6-2-4-8-19(15)22-20/h1-10,12,21H. The Hall–Kier alpha value is -3.00. The molecule has 5 aromatic rings. The Kier molecular flexibility index (Phi) is 2.25. The molecule has 2 heterocycles. The van der Waals surface area contributed by atoms with Crippen molar-refractivity contribution >= 4 is 32.8 Å². The van der Waals surface area contributed by atoms with E-state index in [2.05, 4.69) is 47.4 Å². The van der Waals surface area contributed by atoms with E-state index in [1.54, 1.807) is 0 Å². The third-order valence-corrected chi connectivity index (χ3v) is 4.10. The number of hydrogen-bond donors (Lipinski definition) is 1. The van der Waals surface area contributed by atoms with Gasteiger partial charge in [-0.05, 0) is 30.3 Å². The third kappa shape index (κ3) is 1.61. The zero-order valence-corrected chi connectivity index (χ0v) is 11.8. The lowest BCUT2D eigenvalue weighted by atomic mass is 10.1. The number of aromatic amines is 1. The maximum atomic E-state index is 5.86. The summed E-state index contributed by atoms with van der Waals surface area (Å²) in [5.41, 5.74) is 5.05. The van der Waals surface area contributed by atoms with Crippen LogP contribution in [-0.2, 0) is 0 Å². The van der Waals surface area contributed by atoms with E-state index in [0.717, 1.165) is 38.7 Å². The predicted molar refractivity (Wildman–Crippen MR) is 89.8 cm³/mol. The summed E-state index contributed by atoms with van der Waals surface area (Å²) in [6, 6.07) is 26.1. The van der Waals surface area contributed by atoms with Gasteiger partial charge < -0.3 is 9.40 Å². The van der Waals surface area contributed by atoms with Crippen molar-refractivity contribution in [2.75, 3.05) is 0 Å². The van der Waals surface area contributed by atoms with E-state index in [0.29, 0.717) is 0 Å². The van der Waals surface area contributed by atoms with E-state index < -0.39 is 0 Å². The lowest BCUT2D eigenvalue weighted by Gasteiger charge is -1.97. The molecular weight excluding hydrogens is 270 g/mol. The maximum Gasteiger partial charge on any atom is 0.136 e. The van der Waals surface area contributed by atoms with Crippen molar-refractivity contribution in [1.29, 1.82) is 0 Å². The number of H-pyrrole nitrogens is 1. The first-order chi connectivity index (χ1) is 10.9. The fourth-order valence-electron chi connectivity index (χ4n) is 3.02. The summed E-state index contributed by atoms with van der Waals surface area (Å²) in [5.74, 6) is 0. The van der Waals surface area contributed by atoms with Crippen molar-refractivity contribution in [3.63, 3.8) is 0 Å². The molecule has 0 amide bonds. The molecule has 0 saturated heterocycles. The summed E-state index contributed by atoms with van der Waals surface area (Å²) < 4.78 is 5.86. The predicted octanol–water partition coefficient (Wildman–Crippen LogP) is 5.53. The molecule has 2 aromatic heterocycles. The molecule has 1 radical (unpaired) electrons. The van der Waals surface area contributed by atoms with Crippen molar-refractivity contribution in [3.05, 3.63) is 72.8 Å². The molecule has 0 unspecified atom stereocenters. The Labute approximate surface area is 127 Å². The Morgan fingerprint density at radius 3 is 2.64 bits per heavy atom. The second-order valence-corrected chi connectivity index (χ2v) is 5.48. The van der Waals surface area contributed by atoms with Crippen LogP contribution < -0.4 is 0 Å². The van der Waals surface area contributed by atoms with Gasteiger partial charge in [-0.3, -0.25) is 0 Å². The largest absolute Gasteiger partial charge is 0.456 e. The molecule has 0 bridgehead atoms. The number of furan rings is 1. The van der Waals surface area contributed by atoms with E-state index in [-0.39, 0.29) is 0 Å². The van der Waals surface area contributed by atoms with Crippen LogP contribution in [0.1, 0.15) is 0 Å². The minimum Gasteiger partial charge on any atom is -0.456 e. The molecule has 0 aliphatic heterocycles. The average molecular weight is 282 g/mol. The van der Waals surface area contributed by atoms with Gasteiger partial charge in [-0.15, -0.1) is 0 Å². The smallest absolute Gasteiger partial charge is 0.136 e. The SMILES string of the molecule is [c]1c(-c2cc3ccccc3[nH]2)ccc2oc3ccccc3c12. The second-order valence-electron chi connectivity index (χ2n) is 5.48. The van der Waals surface area contributed by atoms with Crippen LogP contribution in [-0.4, -0.2) is 4.98 Å². The van der Waals surface area contributed by atoms with Crippen LogP contribution in [0.2, 0.25) is 0 Å². The van der Waals surface area contributed by atoms with Crippen molar-refractivity contribution in [2.45, 2.75) is 0 Å². The Balaban J connectivity index is 1.78. The molecule has 0 atom stereocenters. The minimum absolute atomic E-state index is 0.876. The molecule has 0 aliphatic rings. The number of fused-ring (bicyclic) bond motifs is 4. The van der Waals surface area contributed by atoms with Gasteiger partial charge in [0, 0.05) is 39.0 Å². The Bertz CT molecular complexity index is 1100. The summed E-state index contributed by atoms with van der Waals surface area (Å²) >= 11 is 0. The highest BCUT2D eigenvalue weighted by Gasteiger charge is 2.09. The maximum absolute atomic E-state index is 5.86. The van der Waals surface area contributed by atoms with Gasteiger partial charge in [0.2, 0.25) is 0 Å².